The van der Waals surface area contributed by atoms with Crippen molar-refractivity contribution in [1.82, 2.24) is 10.3 Å². The van der Waals surface area contributed by atoms with E-state index in [1.54, 1.807) is 0 Å². The third kappa shape index (κ3) is 4.51. The second kappa shape index (κ2) is 8.30. The monoisotopic (exact) mass is 377 g/mol. The highest BCUT2D eigenvalue weighted by Gasteiger charge is 2.29. The van der Waals surface area contributed by atoms with Gasteiger partial charge in [0.25, 0.3) is 11.6 Å². The lowest BCUT2D eigenvalue weighted by Gasteiger charge is -2.33. The van der Waals surface area contributed by atoms with Gasteiger partial charge in [0.15, 0.2) is 0 Å². The number of rotatable bonds is 6. The van der Waals surface area contributed by atoms with Gasteiger partial charge in [-0.1, -0.05) is 0 Å². The minimum Gasteiger partial charge on any atom is -0.376 e. The lowest BCUT2D eigenvalue weighted by atomic mass is 9.95. The normalized spacial score (nSPS) is 20.4. The van der Waals surface area contributed by atoms with Gasteiger partial charge in [-0.25, -0.2) is 4.98 Å². The first-order valence-corrected chi connectivity index (χ1v) is 9.04. The lowest BCUT2D eigenvalue weighted by Crippen LogP contribution is -2.43. The summed E-state index contributed by atoms with van der Waals surface area (Å²) < 4.78 is 5.50. The Balaban J connectivity index is 1.59. The Hall–Kier alpha value is -2.75. The molecule has 146 valence electrons. The SMILES string of the molecule is NC(=O)c1cc([N+](=O)[O-])cnc1N1CCC(C(=O)NC[C@@H]2CCCO2)CC1. The average Bonchev–Trinajstić information content (AvgIpc) is 3.19. The first-order valence-electron chi connectivity index (χ1n) is 9.04. The van der Waals surface area contributed by atoms with Gasteiger partial charge in [-0.2, -0.15) is 0 Å². The van der Waals surface area contributed by atoms with Gasteiger partial charge in [-0.05, 0) is 25.7 Å². The Bertz CT molecular complexity index is 726. The fourth-order valence-electron chi connectivity index (χ4n) is 3.50. The Morgan fingerprint density at radius 2 is 2.11 bits per heavy atom. The van der Waals surface area contributed by atoms with Gasteiger partial charge in [-0.15, -0.1) is 0 Å². The van der Waals surface area contributed by atoms with Crippen molar-refractivity contribution in [1.29, 1.82) is 0 Å². The van der Waals surface area contributed by atoms with Crippen molar-refractivity contribution in [3.63, 3.8) is 0 Å². The molecule has 2 aliphatic heterocycles. The van der Waals surface area contributed by atoms with E-state index < -0.39 is 10.8 Å². The summed E-state index contributed by atoms with van der Waals surface area (Å²) in [6.45, 7) is 2.32. The van der Waals surface area contributed by atoms with E-state index in [0.717, 1.165) is 31.7 Å². The molecule has 0 saturated carbocycles. The van der Waals surface area contributed by atoms with Gasteiger partial charge in [-0.3, -0.25) is 19.7 Å². The van der Waals surface area contributed by atoms with Gasteiger partial charge < -0.3 is 20.7 Å². The van der Waals surface area contributed by atoms with Gasteiger partial charge >= 0.3 is 0 Å². The predicted octanol–water partition coefficient (Wildman–Crippen LogP) is 0.600. The Labute approximate surface area is 156 Å². The van der Waals surface area contributed by atoms with Crippen molar-refractivity contribution in [3.8, 4) is 0 Å². The number of anilines is 1. The van der Waals surface area contributed by atoms with E-state index in [-0.39, 0.29) is 29.2 Å². The molecule has 0 bridgehead atoms. The molecule has 3 rings (SSSR count). The molecule has 0 aromatic carbocycles. The van der Waals surface area contributed by atoms with Crippen LogP contribution < -0.4 is 16.0 Å². The summed E-state index contributed by atoms with van der Waals surface area (Å²) in [6.07, 6.45) is 4.44. The molecule has 2 fully saturated rings. The molecule has 2 amide bonds. The van der Waals surface area contributed by atoms with Crippen LogP contribution in [0.3, 0.4) is 0 Å². The molecule has 1 atom stereocenters. The number of nitrogens with zero attached hydrogens (tertiary/aromatic N) is 3. The second-order valence-corrected chi connectivity index (χ2v) is 6.83. The largest absolute Gasteiger partial charge is 0.376 e. The summed E-state index contributed by atoms with van der Waals surface area (Å²) >= 11 is 0. The van der Waals surface area contributed by atoms with Gasteiger partial charge in [0, 0.05) is 38.2 Å². The third-order valence-electron chi connectivity index (χ3n) is 5.02. The number of aromatic nitrogens is 1. The van der Waals surface area contributed by atoms with Crippen LogP contribution in [-0.4, -0.2) is 54.1 Å². The molecule has 10 heteroatoms. The number of nitro groups is 1. The average molecular weight is 377 g/mol. The Kier molecular flexibility index (Phi) is 5.84. The van der Waals surface area contributed by atoms with Crippen LogP contribution in [0.15, 0.2) is 12.3 Å². The van der Waals surface area contributed by atoms with E-state index in [1.807, 2.05) is 4.90 Å². The van der Waals surface area contributed by atoms with Gasteiger partial charge in [0.1, 0.15) is 12.0 Å². The molecule has 0 unspecified atom stereocenters. The summed E-state index contributed by atoms with van der Waals surface area (Å²) in [4.78, 5) is 40.2. The molecule has 2 saturated heterocycles. The van der Waals surface area contributed by atoms with E-state index >= 15 is 0 Å². The molecular weight excluding hydrogens is 354 g/mol. The molecule has 27 heavy (non-hydrogen) atoms. The minimum absolute atomic E-state index is 0.0110. The van der Waals surface area contributed by atoms with Crippen LogP contribution in [0.5, 0.6) is 0 Å². The number of nitrogens with one attached hydrogen (secondary N) is 1. The van der Waals surface area contributed by atoms with Crippen LogP contribution in [0.25, 0.3) is 0 Å². The van der Waals surface area contributed by atoms with E-state index in [4.69, 9.17) is 10.5 Å². The van der Waals surface area contributed by atoms with Crippen LogP contribution in [-0.2, 0) is 9.53 Å². The van der Waals surface area contributed by atoms with Crippen LogP contribution >= 0.6 is 0 Å². The number of carbonyl (C=O) groups excluding carboxylic acids is 2. The highest BCUT2D eigenvalue weighted by Crippen LogP contribution is 2.27. The number of amides is 2. The summed E-state index contributed by atoms with van der Waals surface area (Å²) in [5.74, 6) is -0.543. The maximum Gasteiger partial charge on any atom is 0.288 e. The molecule has 1 aromatic heterocycles. The van der Waals surface area contributed by atoms with Crippen LogP contribution in [0, 0.1) is 16.0 Å². The van der Waals surface area contributed by atoms with E-state index in [0.29, 0.717) is 38.3 Å². The lowest BCUT2D eigenvalue weighted by molar-refractivity contribution is -0.385. The number of piperidine rings is 1. The number of nitrogens with two attached hydrogens (primary N) is 1. The van der Waals surface area contributed by atoms with E-state index in [2.05, 4.69) is 10.3 Å². The Morgan fingerprint density at radius 3 is 2.70 bits per heavy atom. The first-order chi connectivity index (χ1) is 13.0. The maximum atomic E-state index is 12.3. The van der Waals surface area contributed by atoms with Crippen molar-refractivity contribution < 1.29 is 19.2 Å². The first kappa shape index (κ1) is 19.0. The number of ether oxygens (including phenoxy) is 1. The molecular formula is C17H23N5O5. The molecule has 0 radical (unpaired) electrons. The zero-order chi connectivity index (χ0) is 19.4. The third-order valence-corrected chi connectivity index (χ3v) is 5.02. The molecule has 3 heterocycles. The summed E-state index contributed by atoms with van der Waals surface area (Å²) in [5.41, 5.74) is 5.10. The standard InChI is InChI=1S/C17H23N5O5/c18-15(23)14-8-12(22(25)26)9-19-16(14)21-5-3-11(4-6-21)17(24)20-10-13-2-1-7-27-13/h8-9,11,13H,1-7,10H2,(H2,18,23)(H,20,24)/t13-/m0/s1. The number of pyridine rings is 1. The van der Waals surface area contributed by atoms with Crippen molar-refractivity contribution in [2.75, 3.05) is 31.1 Å². The topological polar surface area (TPSA) is 141 Å². The molecule has 3 N–H and O–H groups in total. The van der Waals surface area contributed by atoms with Crippen LogP contribution in [0.2, 0.25) is 0 Å². The molecule has 10 nitrogen and oxygen atoms in total. The molecule has 0 spiro atoms. The van der Waals surface area contributed by atoms with Crippen molar-refractivity contribution in [2.24, 2.45) is 11.7 Å². The summed E-state index contributed by atoms with van der Waals surface area (Å²) in [6, 6.07) is 1.14. The highest BCUT2D eigenvalue weighted by atomic mass is 16.6. The van der Waals surface area contributed by atoms with Gasteiger partial charge in [0.05, 0.1) is 16.6 Å². The summed E-state index contributed by atoms with van der Waals surface area (Å²) in [5, 5.41) is 13.8. The van der Waals surface area contributed by atoms with Crippen LogP contribution in [0.4, 0.5) is 11.5 Å². The maximum absolute atomic E-state index is 12.3. The summed E-state index contributed by atoms with van der Waals surface area (Å²) in [7, 11) is 0. The number of primary amides is 1. The second-order valence-electron chi connectivity index (χ2n) is 6.83. The zero-order valence-electron chi connectivity index (χ0n) is 14.9. The van der Waals surface area contributed by atoms with Crippen molar-refractivity contribution in [3.05, 3.63) is 27.9 Å². The zero-order valence-corrected chi connectivity index (χ0v) is 14.9. The molecule has 2 aliphatic rings. The van der Waals surface area contributed by atoms with Crippen molar-refractivity contribution in [2.45, 2.75) is 31.8 Å². The van der Waals surface area contributed by atoms with E-state index in [9.17, 15) is 19.7 Å². The highest BCUT2D eigenvalue weighted by molar-refractivity contribution is 5.98. The molecule has 1 aromatic rings. The number of carbonyl (C=O) groups is 2. The van der Waals surface area contributed by atoms with Gasteiger partial charge in [0.2, 0.25) is 5.91 Å². The number of hydrogen-bond donors (Lipinski definition) is 2. The smallest absolute Gasteiger partial charge is 0.288 e. The molecule has 0 aliphatic carbocycles. The minimum atomic E-state index is -0.766. The van der Waals surface area contributed by atoms with E-state index in [1.165, 1.54) is 0 Å². The quantitative estimate of drug-likeness (QED) is 0.546. The fraction of sp³-hybridized carbons (Fsp3) is 0.588. The number of hydrogen-bond acceptors (Lipinski definition) is 7. The Morgan fingerprint density at radius 1 is 1.37 bits per heavy atom. The van der Waals surface area contributed by atoms with Crippen LogP contribution in [0.1, 0.15) is 36.0 Å². The predicted molar refractivity (Wildman–Crippen MR) is 96.3 cm³/mol. The van der Waals surface area contributed by atoms with Crippen molar-refractivity contribution >= 4 is 23.3 Å². The fourth-order valence-corrected chi connectivity index (χ4v) is 3.50.